The first-order valence-electron chi connectivity index (χ1n) is 6.72. The average Bonchev–Trinajstić information content (AvgIpc) is 3.07. The Kier molecular flexibility index (Phi) is 5.89. The molecule has 0 aliphatic carbocycles. The van der Waals surface area contributed by atoms with Crippen LogP contribution >= 0.6 is 23.5 Å². The van der Waals surface area contributed by atoms with Crippen LogP contribution in [0.15, 0.2) is 15.5 Å². The standard InChI is InChI=1S/C14H15NO6S2/c1-4-20-13(18)10-11(16)15-14(23-10)22-6-8-5-9(7(2)21-8)12(17)19-3/h5,10H,4,6H2,1-3H3/t10-/m0/s1. The summed E-state index contributed by atoms with van der Waals surface area (Å²) >= 11 is 2.32. The van der Waals surface area contributed by atoms with Crippen molar-refractivity contribution in [2.75, 3.05) is 13.7 Å². The number of ether oxygens (including phenoxy) is 2. The molecule has 0 unspecified atom stereocenters. The van der Waals surface area contributed by atoms with Crippen molar-refractivity contribution in [2.24, 2.45) is 4.99 Å². The Hall–Kier alpha value is -1.74. The summed E-state index contributed by atoms with van der Waals surface area (Å²) in [6, 6.07) is 1.60. The number of furan rings is 1. The predicted octanol–water partition coefficient (Wildman–Crippen LogP) is 2.17. The number of amides is 1. The molecule has 0 bridgehead atoms. The molecule has 23 heavy (non-hydrogen) atoms. The first-order valence-corrected chi connectivity index (χ1v) is 8.59. The molecule has 1 aromatic heterocycles. The molecule has 0 saturated carbocycles. The fourth-order valence-corrected chi connectivity index (χ4v) is 3.78. The topological polar surface area (TPSA) is 95.2 Å². The molecule has 124 valence electrons. The van der Waals surface area contributed by atoms with Crippen molar-refractivity contribution in [3.63, 3.8) is 0 Å². The largest absolute Gasteiger partial charge is 0.465 e. The molecule has 0 fully saturated rings. The molecule has 0 N–H and O–H groups in total. The predicted molar refractivity (Wildman–Crippen MR) is 86.5 cm³/mol. The molecule has 0 aromatic carbocycles. The first-order chi connectivity index (χ1) is 11.0. The molecule has 1 aliphatic rings. The first kappa shape index (κ1) is 17.6. The smallest absolute Gasteiger partial charge is 0.341 e. The number of carbonyl (C=O) groups is 3. The van der Waals surface area contributed by atoms with Crippen LogP contribution in [-0.4, -0.2) is 41.2 Å². The van der Waals surface area contributed by atoms with E-state index in [1.165, 1.54) is 18.9 Å². The lowest BCUT2D eigenvalue weighted by atomic mass is 10.2. The van der Waals surface area contributed by atoms with Crippen LogP contribution in [0.25, 0.3) is 0 Å². The van der Waals surface area contributed by atoms with Gasteiger partial charge in [-0.05, 0) is 19.9 Å². The van der Waals surface area contributed by atoms with Gasteiger partial charge in [0, 0.05) is 0 Å². The Morgan fingerprint density at radius 3 is 2.87 bits per heavy atom. The quantitative estimate of drug-likeness (QED) is 0.584. The number of nitrogens with zero attached hydrogens (tertiary/aromatic N) is 1. The minimum absolute atomic E-state index is 0.216. The number of aliphatic imine (C=N–C) groups is 1. The number of aryl methyl sites for hydroxylation is 1. The van der Waals surface area contributed by atoms with Crippen molar-refractivity contribution in [1.29, 1.82) is 0 Å². The monoisotopic (exact) mass is 357 g/mol. The van der Waals surface area contributed by atoms with E-state index in [2.05, 4.69) is 9.73 Å². The molecule has 2 rings (SSSR count). The van der Waals surface area contributed by atoms with Crippen molar-refractivity contribution in [2.45, 2.75) is 24.9 Å². The summed E-state index contributed by atoms with van der Waals surface area (Å²) in [5.74, 6) is -0.151. The highest BCUT2D eigenvalue weighted by atomic mass is 32.2. The van der Waals surface area contributed by atoms with Gasteiger partial charge in [-0.2, -0.15) is 4.99 Å². The van der Waals surface area contributed by atoms with Crippen molar-refractivity contribution < 1.29 is 28.3 Å². The zero-order valence-corrected chi connectivity index (χ0v) is 14.4. The van der Waals surface area contributed by atoms with Gasteiger partial charge in [-0.3, -0.25) is 9.59 Å². The SMILES string of the molecule is CCOC(=O)[C@H]1SC(SCc2cc(C(=O)OC)c(C)o2)=NC1=O. The van der Waals surface area contributed by atoms with Crippen LogP contribution in [-0.2, 0) is 24.8 Å². The van der Waals surface area contributed by atoms with Gasteiger partial charge >= 0.3 is 11.9 Å². The summed E-state index contributed by atoms with van der Waals surface area (Å²) < 4.78 is 15.4. The lowest BCUT2D eigenvalue weighted by Gasteiger charge is -2.05. The van der Waals surface area contributed by atoms with Crippen molar-refractivity contribution in [1.82, 2.24) is 0 Å². The van der Waals surface area contributed by atoms with Crippen LogP contribution in [0.2, 0.25) is 0 Å². The molecule has 9 heteroatoms. The van der Waals surface area contributed by atoms with Gasteiger partial charge in [0.15, 0.2) is 5.25 Å². The lowest BCUT2D eigenvalue weighted by molar-refractivity contribution is -0.144. The Bertz CT molecular complexity index is 666. The molecule has 1 aromatic rings. The van der Waals surface area contributed by atoms with Gasteiger partial charge in [-0.1, -0.05) is 23.5 Å². The van der Waals surface area contributed by atoms with Crippen molar-refractivity contribution in [3.8, 4) is 0 Å². The third-order valence-corrected chi connectivity index (χ3v) is 5.19. The second-order valence-electron chi connectivity index (χ2n) is 4.43. The molecular formula is C14H15NO6S2. The summed E-state index contributed by atoms with van der Waals surface area (Å²) in [6.45, 7) is 3.56. The zero-order valence-electron chi connectivity index (χ0n) is 12.8. The van der Waals surface area contributed by atoms with E-state index in [4.69, 9.17) is 9.15 Å². The van der Waals surface area contributed by atoms with Gasteiger partial charge in [0.05, 0.1) is 19.5 Å². The number of rotatable bonds is 5. The molecule has 0 saturated heterocycles. The van der Waals surface area contributed by atoms with Gasteiger partial charge in [-0.15, -0.1) is 0 Å². The van der Waals surface area contributed by atoms with Gasteiger partial charge < -0.3 is 13.9 Å². The molecule has 7 nitrogen and oxygen atoms in total. The number of thioether (sulfide) groups is 2. The van der Waals surface area contributed by atoms with Crippen LogP contribution in [0.5, 0.6) is 0 Å². The lowest BCUT2D eigenvalue weighted by Crippen LogP contribution is -2.24. The van der Waals surface area contributed by atoms with Crippen LogP contribution in [0.4, 0.5) is 0 Å². The average molecular weight is 357 g/mol. The molecule has 0 radical (unpaired) electrons. The summed E-state index contributed by atoms with van der Waals surface area (Å²) in [4.78, 5) is 38.7. The molecular weight excluding hydrogens is 342 g/mol. The maximum absolute atomic E-state index is 11.7. The van der Waals surface area contributed by atoms with E-state index in [0.29, 0.717) is 27.2 Å². The Morgan fingerprint density at radius 1 is 1.48 bits per heavy atom. The second kappa shape index (κ2) is 7.69. The normalized spacial score (nSPS) is 17.1. The van der Waals surface area contributed by atoms with Crippen LogP contribution < -0.4 is 0 Å². The van der Waals surface area contributed by atoms with E-state index in [9.17, 15) is 14.4 Å². The maximum Gasteiger partial charge on any atom is 0.341 e. The van der Waals surface area contributed by atoms with E-state index in [-0.39, 0.29) is 6.61 Å². The summed E-state index contributed by atoms with van der Waals surface area (Å²) in [6.07, 6.45) is 0. The Balaban J connectivity index is 1.95. The number of carbonyl (C=O) groups excluding carboxylic acids is 3. The highest BCUT2D eigenvalue weighted by molar-refractivity contribution is 8.39. The molecule has 1 aliphatic heterocycles. The Labute approximate surface area is 141 Å². The van der Waals surface area contributed by atoms with E-state index in [1.54, 1.807) is 19.9 Å². The van der Waals surface area contributed by atoms with Gasteiger partial charge in [0.2, 0.25) is 0 Å². The molecule has 2 heterocycles. The minimum Gasteiger partial charge on any atom is -0.465 e. The number of esters is 2. The Morgan fingerprint density at radius 2 is 2.22 bits per heavy atom. The van der Waals surface area contributed by atoms with E-state index >= 15 is 0 Å². The number of hydrogen-bond acceptors (Lipinski definition) is 8. The van der Waals surface area contributed by atoms with E-state index < -0.39 is 23.1 Å². The van der Waals surface area contributed by atoms with Gasteiger partial charge in [0.1, 0.15) is 21.5 Å². The summed E-state index contributed by atoms with van der Waals surface area (Å²) in [5, 5.41) is -0.929. The fourth-order valence-electron chi connectivity index (χ4n) is 1.82. The summed E-state index contributed by atoms with van der Waals surface area (Å²) in [7, 11) is 1.30. The molecule has 0 spiro atoms. The summed E-state index contributed by atoms with van der Waals surface area (Å²) in [5.41, 5.74) is 0.365. The van der Waals surface area contributed by atoms with Crippen LogP contribution in [0.3, 0.4) is 0 Å². The van der Waals surface area contributed by atoms with Crippen LogP contribution in [0, 0.1) is 6.92 Å². The third-order valence-electron chi connectivity index (χ3n) is 2.86. The van der Waals surface area contributed by atoms with Crippen LogP contribution in [0.1, 0.15) is 28.8 Å². The molecule has 1 atom stereocenters. The van der Waals surface area contributed by atoms with E-state index in [0.717, 1.165) is 11.8 Å². The third kappa shape index (κ3) is 4.17. The highest BCUT2D eigenvalue weighted by Gasteiger charge is 2.36. The fraction of sp³-hybridized carbons (Fsp3) is 0.429. The van der Waals surface area contributed by atoms with Gasteiger partial charge in [-0.25, -0.2) is 4.79 Å². The van der Waals surface area contributed by atoms with Crippen molar-refractivity contribution in [3.05, 3.63) is 23.2 Å². The number of methoxy groups -OCH3 is 1. The van der Waals surface area contributed by atoms with Gasteiger partial charge in [0.25, 0.3) is 5.91 Å². The highest BCUT2D eigenvalue weighted by Crippen LogP contribution is 2.32. The number of hydrogen-bond donors (Lipinski definition) is 0. The zero-order chi connectivity index (χ0) is 17.0. The minimum atomic E-state index is -0.929. The van der Waals surface area contributed by atoms with Crippen molar-refractivity contribution >= 4 is 45.7 Å². The van der Waals surface area contributed by atoms with E-state index in [1.807, 2.05) is 0 Å². The maximum atomic E-state index is 11.7. The second-order valence-corrected chi connectivity index (χ2v) is 6.74. The molecule has 1 amide bonds.